The monoisotopic (exact) mass is 271 g/mol. The van der Waals surface area contributed by atoms with Gasteiger partial charge in [0.05, 0.1) is 5.56 Å². The quantitative estimate of drug-likeness (QED) is 0.758. The summed E-state index contributed by atoms with van der Waals surface area (Å²) < 4.78 is 3.47. The maximum Gasteiger partial charge on any atom is 0.337 e. The van der Waals surface area contributed by atoms with E-state index in [1.807, 2.05) is 16.9 Å². The molecule has 7 heteroatoms. The first-order chi connectivity index (χ1) is 9.75. The summed E-state index contributed by atoms with van der Waals surface area (Å²) in [6.45, 7) is 1.35. The number of nitrogens with zero attached hydrogens (tertiary/aromatic N) is 5. The Morgan fingerprint density at radius 2 is 2.15 bits per heavy atom. The summed E-state index contributed by atoms with van der Waals surface area (Å²) in [6.07, 6.45) is 4.42. The number of benzene rings is 1. The molecule has 0 amide bonds. The number of hydrogen-bond donors (Lipinski definition) is 1. The van der Waals surface area contributed by atoms with Crippen molar-refractivity contribution in [1.82, 2.24) is 24.8 Å². The van der Waals surface area contributed by atoms with Crippen LogP contribution in [-0.2, 0) is 13.1 Å². The standard InChI is InChI=1S/C13H13N5O2/c19-13(20)10-4-1-5-11-12(10)18(16-15-11)9-3-8-17-7-2-6-14-17/h1-2,4-7H,3,8-9H2,(H,19,20). The molecule has 3 rings (SSSR count). The maximum absolute atomic E-state index is 11.2. The van der Waals surface area contributed by atoms with Gasteiger partial charge in [-0.15, -0.1) is 5.10 Å². The first-order valence-electron chi connectivity index (χ1n) is 6.28. The van der Waals surface area contributed by atoms with Crippen LogP contribution in [0.5, 0.6) is 0 Å². The Morgan fingerprint density at radius 1 is 1.25 bits per heavy atom. The summed E-state index contributed by atoms with van der Waals surface area (Å²) in [7, 11) is 0. The second-order valence-electron chi connectivity index (χ2n) is 4.41. The Kier molecular flexibility index (Phi) is 3.16. The Balaban J connectivity index is 1.82. The fourth-order valence-corrected chi connectivity index (χ4v) is 2.17. The van der Waals surface area contributed by atoms with Crippen LogP contribution in [0.2, 0.25) is 0 Å². The van der Waals surface area contributed by atoms with Crippen LogP contribution in [0.3, 0.4) is 0 Å². The van der Waals surface area contributed by atoms with E-state index in [9.17, 15) is 9.90 Å². The summed E-state index contributed by atoms with van der Waals surface area (Å²) >= 11 is 0. The van der Waals surface area contributed by atoms with E-state index < -0.39 is 5.97 Å². The molecule has 1 N–H and O–H groups in total. The average Bonchev–Trinajstić information content (AvgIpc) is 3.08. The third-order valence-electron chi connectivity index (χ3n) is 3.08. The minimum absolute atomic E-state index is 0.228. The highest BCUT2D eigenvalue weighted by Crippen LogP contribution is 2.17. The molecule has 0 aliphatic carbocycles. The number of carboxylic acid groups (broad SMARTS) is 1. The van der Waals surface area contributed by atoms with E-state index in [-0.39, 0.29) is 5.56 Å². The Morgan fingerprint density at radius 3 is 2.90 bits per heavy atom. The molecule has 3 aromatic rings. The topological polar surface area (TPSA) is 85.8 Å². The Labute approximate surface area is 114 Å². The van der Waals surface area contributed by atoms with Crippen LogP contribution < -0.4 is 0 Å². The predicted molar refractivity (Wildman–Crippen MR) is 71.3 cm³/mol. The Bertz CT molecular complexity index is 732. The molecule has 0 aliphatic rings. The molecule has 2 heterocycles. The molecule has 0 bridgehead atoms. The lowest BCUT2D eigenvalue weighted by Gasteiger charge is -2.05. The predicted octanol–water partition coefficient (Wildman–Crippen LogP) is 1.42. The third kappa shape index (κ3) is 2.25. The van der Waals surface area contributed by atoms with Gasteiger partial charge in [-0.2, -0.15) is 5.10 Å². The summed E-state index contributed by atoms with van der Waals surface area (Å²) in [5.74, 6) is -0.966. The smallest absolute Gasteiger partial charge is 0.337 e. The van der Waals surface area contributed by atoms with Gasteiger partial charge < -0.3 is 5.11 Å². The lowest BCUT2D eigenvalue weighted by molar-refractivity contribution is 0.0698. The molecule has 2 aromatic heterocycles. The van der Waals surface area contributed by atoms with E-state index >= 15 is 0 Å². The van der Waals surface area contributed by atoms with E-state index in [0.717, 1.165) is 13.0 Å². The molecule has 0 spiro atoms. The van der Waals surface area contributed by atoms with Gasteiger partial charge in [0, 0.05) is 25.5 Å². The van der Waals surface area contributed by atoms with Crippen LogP contribution in [0.4, 0.5) is 0 Å². The van der Waals surface area contributed by atoms with E-state index in [0.29, 0.717) is 17.6 Å². The van der Waals surface area contributed by atoms with Crippen LogP contribution in [0.1, 0.15) is 16.8 Å². The van der Waals surface area contributed by atoms with Crippen LogP contribution in [0.15, 0.2) is 36.7 Å². The highest BCUT2D eigenvalue weighted by Gasteiger charge is 2.14. The first kappa shape index (κ1) is 12.3. The number of aromatic carboxylic acids is 1. The first-order valence-corrected chi connectivity index (χ1v) is 6.28. The van der Waals surface area contributed by atoms with Gasteiger partial charge in [-0.3, -0.25) is 4.68 Å². The van der Waals surface area contributed by atoms with Crippen molar-refractivity contribution >= 4 is 17.0 Å². The molecule has 0 atom stereocenters. The van der Waals surface area contributed by atoms with E-state index in [1.165, 1.54) is 0 Å². The van der Waals surface area contributed by atoms with Crippen LogP contribution in [-0.4, -0.2) is 35.9 Å². The number of aromatic nitrogens is 5. The fraction of sp³-hybridized carbons (Fsp3) is 0.231. The number of aryl methyl sites for hydroxylation is 2. The van der Waals surface area contributed by atoms with Gasteiger partial charge in [0.2, 0.25) is 0 Å². The van der Waals surface area contributed by atoms with Crippen molar-refractivity contribution in [2.45, 2.75) is 19.5 Å². The number of para-hydroxylation sites is 1. The van der Waals surface area contributed by atoms with Gasteiger partial charge in [0.1, 0.15) is 11.0 Å². The molecule has 0 saturated heterocycles. The lowest BCUT2D eigenvalue weighted by Crippen LogP contribution is -2.08. The Hall–Kier alpha value is -2.70. The fourth-order valence-electron chi connectivity index (χ4n) is 2.17. The van der Waals surface area contributed by atoms with Gasteiger partial charge in [0.25, 0.3) is 0 Å². The maximum atomic E-state index is 11.2. The van der Waals surface area contributed by atoms with Crippen LogP contribution in [0, 0.1) is 0 Å². The molecular formula is C13H13N5O2. The van der Waals surface area contributed by atoms with Crippen LogP contribution in [0.25, 0.3) is 11.0 Å². The van der Waals surface area contributed by atoms with Crippen molar-refractivity contribution < 1.29 is 9.90 Å². The van der Waals surface area contributed by atoms with Crippen LogP contribution >= 0.6 is 0 Å². The molecule has 7 nitrogen and oxygen atoms in total. The lowest BCUT2D eigenvalue weighted by atomic mass is 10.2. The molecule has 1 aromatic carbocycles. The molecule has 0 saturated carbocycles. The molecular weight excluding hydrogens is 258 g/mol. The molecule has 0 fully saturated rings. The number of carbonyl (C=O) groups is 1. The summed E-state index contributed by atoms with van der Waals surface area (Å²) in [5.41, 5.74) is 1.40. The average molecular weight is 271 g/mol. The van der Waals surface area contributed by atoms with Crippen molar-refractivity contribution in [3.05, 3.63) is 42.2 Å². The number of carboxylic acids is 1. The summed E-state index contributed by atoms with van der Waals surface area (Å²) in [6, 6.07) is 6.87. The number of rotatable bonds is 5. The number of hydrogen-bond acceptors (Lipinski definition) is 4. The van der Waals surface area contributed by atoms with Crippen molar-refractivity contribution in [1.29, 1.82) is 0 Å². The van der Waals surface area contributed by atoms with E-state index in [1.54, 1.807) is 29.1 Å². The van der Waals surface area contributed by atoms with Crippen molar-refractivity contribution in [3.8, 4) is 0 Å². The third-order valence-corrected chi connectivity index (χ3v) is 3.08. The largest absolute Gasteiger partial charge is 0.478 e. The van der Waals surface area contributed by atoms with E-state index in [2.05, 4.69) is 15.4 Å². The van der Waals surface area contributed by atoms with Gasteiger partial charge in [-0.05, 0) is 24.6 Å². The van der Waals surface area contributed by atoms with Crippen molar-refractivity contribution in [2.75, 3.05) is 0 Å². The zero-order valence-electron chi connectivity index (χ0n) is 10.7. The van der Waals surface area contributed by atoms with Gasteiger partial charge in [-0.25, -0.2) is 9.48 Å². The SMILES string of the molecule is O=C(O)c1cccc2nnn(CCCn3cccn3)c12. The second kappa shape index (κ2) is 5.12. The molecule has 0 unspecified atom stereocenters. The summed E-state index contributed by atoms with van der Waals surface area (Å²) in [4.78, 5) is 11.2. The minimum atomic E-state index is -0.966. The second-order valence-corrected chi connectivity index (χ2v) is 4.41. The minimum Gasteiger partial charge on any atom is -0.478 e. The highest BCUT2D eigenvalue weighted by atomic mass is 16.4. The summed E-state index contributed by atoms with van der Waals surface area (Å²) in [5, 5.41) is 21.4. The normalized spacial score (nSPS) is 11.0. The molecule has 0 aliphatic heterocycles. The molecule has 20 heavy (non-hydrogen) atoms. The molecule has 102 valence electrons. The molecule has 0 radical (unpaired) electrons. The van der Waals surface area contributed by atoms with Crippen molar-refractivity contribution in [3.63, 3.8) is 0 Å². The zero-order valence-corrected chi connectivity index (χ0v) is 10.7. The van der Waals surface area contributed by atoms with Crippen molar-refractivity contribution in [2.24, 2.45) is 0 Å². The van der Waals surface area contributed by atoms with Gasteiger partial charge in [-0.1, -0.05) is 11.3 Å². The zero-order chi connectivity index (χ0) is 13.9. The van der Waals surface area contributed by atoms with E-state index in [4.69, 9.17) is 0 Å². The van der Waals surface area contributed by atoms with Gasteiger partial charge >= 0.3 is 5.97 Å². The number of fused-ring (bicyclic) bond motifs is 1. The highest BCUT2D eigenvalue weighted by molar-refractivity contribution is 6.00. The van der Waals surface area contributed by atoms with Gasteiger partial charge in [0.15, 0.2) is 0 Å².